The van der Waals surface area contributed by atoms with Gasteiger partial charge in [0.1, 0.15) is 5.82 Å². The van der Waals surface area contributed by atoms with Crippen LogP contribution in [0.25, 0.3) is 11.1 Å². The van der Waals surface area contributed by atoms with Crippen molar-refractivity contribution in [3.05, 3.63) is 75.2 Å². The summed E-state index contributed by atoms with van der Waals surface area (Å²) in [6, 6.07) is 13.9. The highest BCUT2D eigenvalue weighted by atomic mass is 35.5. The summed E-state index contributed by atoms with van der Waals surface area (Å²) in [6.45, 7) is 0. The normalized spacial score (nSPS) is 16.6. The third-order valence-corrected chi connectivity index (χ3v) is 5.57. The summed E-state index contributed by atoms with van der Waals surface area (Å²) < 4.78 is 13.2. The monoisotopic (exact) mass is 357 g/mol. The summed E-state index contributed by atoms with van der Waals surface area (Å²) in [4.78, 5) is 13.3. The van der Waals surface area contributed by atoms with Gasteiger partial charge < -0.3 is 5.32 Å². The second-order valence-electron chi connectivity index (χ2n) is 5.75. The van der Waals surface area contributed by atoms with Gasteiger partial charge in [0.2, 0.25) is 5.91 Å². The first-order valence-electron chi connectivity index (χ1n) is 7.54. The van der Waals surface area contributed by atoms with Crippen molar-refractivity contribution in [1.82, 2.24) is 0 Å². The first kappa shape index (κ1) is 15.4. The number of amides is 1. The van der Waals surface area contributed by atoms with E-state index in [0.717, 1.165) is 27.3 Å². The summed E-state index contributed by atoms with van der Waals surface area (Å²) in [5.41, 5.74) is 3.81. The van der Waals surface area contributed by atoms with Crippen molar-refractivity contribution in [2.45, 2.75) is 12.3 Å². The number of nitrogens with one attached hydrogen (secondary N) is 1. The number of fused-ring (bicyclic) bond motifs is 1. The van der Waals surface area contributed by atoms with Gasteiger partial charge in [-0.15, -0.1) is 11.3 Å². The van der Waals surface area contributed by atoms with Crippen LogP contribution in [0.4, 0.5) is 10.1 Å². The topological polar surface area (TPSA) is 29.1 Å². The maximum absolute atomic E-state index is 13.2. The molecule has 2 nitrogen and oxygen atoms in total. The van der Waals surface area contributed by atoms with E-state index >= 15 is 0 Å². The lowest BCUT2D eigenvalue weighted by molar-refractivity contribution is -0.116. The van der Waals surface area contributed by atoms with Gasteiger partial charge in [-0.25, -0.2) is 4.39 Å². The van der Waals surface area contributed by atoms with Crippen molar-refractivity contribution in [2.75, 3.05) is 5.32 Å². The fraction of sp³-hybridized carbons (Fsp3) is 0.105. The SMILES string of the molecule is O=C1CC(c2ccc(F)cc2)c2scc(-c3ccc(Cl)cc3)c2N1. The van der Waals surface area contributed by atoms with E-state index in [2.05, 4.69) is 10.7 Å². The van der Waals surface area contributed by atoms with Crippen LogP contribution in [0.1, 0.15) is 22.8 Å². The molecule has 4 rings (SSSR count). The maximum atomic E-state index is 13.2. The zero-order chi connectivity index (χ0) is 16.7. The number of hydrogen-bond donors (Lipinski definition) is 1. The van der Waals surface area contributed by atoms with Gasteiger partial charge in [-0.3, -0.25) is 4.79 Å². The van der Waals surface area contributed by atoms with Gasteiger partial charge >= 0.3 is 0 Å². The second-order valence-corrected chi connectivity index (χ2v) is 7.10. The molecule has 0 bridgehead atoms. The minimum absolute atomic E-state index is 0.0227. The molecule has 0 saturated heterocycles. The minimum Gasteiger partial charge on any atom is -0.325 e. The molecule has 0 fully saturated rings. The molecule has 1 aliphatic rings. The van der Waals surface area contributed by atoms with Crippen molar-refractivity contribution in [2.24, 2.45) is 0 Å². The predicted octanol–water partition coefficient (Wildman–Crippen LogP) is 5.68. The molecule has 120 valence electrons. The van der Waals surface area contributed by atoms with Gasteiger partial charge in [0.05, 0.1) is 5.69 Å². The van der Waals surface area contributed by atoms with E-state index < -0.39 is 0 Å². The Morgan fingerprint density at radius 3 is 2.50 bits per heavy atom. The summed E-state index contributed by atoms with van der Waals surface area (Å²) in [7, 11) is 0. The molecule has 2 aromatic carbocycles. The third-order valence-electron chi connectivity index (χ3n) is 4.22. The van der Waals surface area contributed by atoms with Crippen LogP contribution in [0.15, 0.2) is 53.9 Å². The number of rotatable bonds is 2. The quantitative estimate of drug-likeness (QED) is 0.628. The molecule has 5 heteroatoms. The van der Waals surface area contributed by atoms with Gasteiger partial charge in [0, 0.05) is 33.2 Å². The molecule has 0 saturated carbocycles. The number of benzene rings is 2. The lowest BCUT2D eigenvalue weighted by Crippen LogP contribution is -2.22. The van der Waals surface area contributed by atoms with E-state index in [1.165, 1.54) is 12.1 Å². The number of thiophene rings is 1. The lowest BCUT2D eigenvalue weighted by Gasteiger charge is -2.24. The molecule has 0 aliphatic carbocycles. The first-order chi connectivity index (χ1) is 11.6. The summed E-state index contributed by atoms with van der Waals surface area (Å²) in [5.74, 6) is -0.335. The Kier molecular flexibility index (Phi) is 3.87. The molecule has 2 heterocycles. The minimum atomic E-state index is -0.271. The van der Waals surface area contributed by atoms with Crippen LogP contribution in [0, 0.1) is 5.82 Å². The summed E-state index contributed by atoms with van der Waals surface area (Å²) >= 11 is 7.58. The van der Waals surface area contributed by atoms with Gasteiger partial charge in [-0.2, -0.15) is 0 Å². The Balaban J connectivity index is 1.80. The molecule has 1 amide bonds. The van der Waals surface area contributed by atoms with Gasteiger partial charge in [0.25, 0.3) is 0 Å². The maximum Gasteiger partial charge on any atom is 0.225 e. The Bertz CT molecular complexity index is 902. The van der Waals surface area contributed by atoms with E-state index in [9.17, 15) is 9.18 Å². The number of hydrogen-bond acceptors (Lipinski definition) is 2. The van der Waals surface area contributed by atoms with E-state index in [4.69, 9.17) is 11.6 Å². The number of anilines is 1. The van der Waals surface area contributed by atoms with Crippen molar-refractivity contribution < 1.29 is 9.18 Å². The molecule has 1 aliphatic heterocycles. The number of carbonyl (C=O) groups excluding carboxylic acids is 1. The number of carbonyl (C=O) groups is 1. The highest BCUT2D eigenvalue weighted by Gasteiger charge is 2.30. The fourth-order valence-electron chi connectivity index (χ4n) is 3.03. The molecule has 1 atom stereocenters. The Morgan fingerprint density at radius 2 is 1.79 bits per heavy atom. The van der Waals surface area contributed by atoms with Crippen LogP contribution >= 0.6 is 22.9 Å². The molecule has 1 N–H and O–H groups in total. The van der Waals surface area contributed by atoms with Crippen LogP contribution in [0.2, 0.25) is 5.02 Å². The van der Waals surface area contributed by atoms with E-state index in [1.807, 2.05) is 24.3 Å². The van der Waals surface area contributed by atoms with Crippen LogP contribution < -0.4 is 5.32 Å². The fourth-order valence-corrected chi connectivity index (χ4v) is 4.32. The van der Waals surface area contributed by atoms with Crippen LogP contribution in [0.3, 0.4) is 0 Å². The van der Waals surface area contributed by atoms with Crippen LogP contribution in [0.5, 0.6) is 0 Å². The highest BCUT2D eigenvalue weighted by Crippen LogP contribution is 2.46. The molecular weight excluding hydrogens is 345 g/mol. The van der Waals surface area contributed by atoms with E-state index in [-0.39, 0.29) is 17.6 Å². The van der Waals surface area contributed by atoms with Crippen molar-refractivity contribution in [3.63, 3.8) is 0 Å². The van der Waals surface area contributed by atoms with Crippen molar-refractivity contribution in [1.29, 1.82) is 0 Å². The third kappa shape index (κ3) is 2.72. The summed E-state index contributed by atoms with van der Waals surface area (Å²) in [6.07, 6.45) is 0.374. The molecule has 24 heavy (non-hydrogen) atoms. The van der Waals surface area contributed by atoms with Crippen molar-refractivity contribution >= 4 is 34.5 Å². The van der Waals surface area contributed by atoms with Gasteiger partial charge in [0.15, 0.2) is 0 Å². The van der Waals surface area contributed by atoms with Crippen molar-refractivity contribution in [3.8, 4) is 11.1 Å². The largest absolute Gasteiger partial charge is 0.325 e. The second kappa shape index (κ2) is 6.04. The lowest BCUT2D eigenvalue weighted by atomic mass is 9.89. The number of halogens is 2. The average molecular weight is 358 g/mol. The highest BCUT2D eigenvalue weighted by molar-refractivity contribution is 7.11. The standard InChI is InChI=1S/C19H13ClFNOS/c20-13-5-1-12(2-6-13)16-10-24-19-15(9-17(23)22-18(16)19)11-3-7-14(21)8-4-11/h1-8,10,15H,9H2,(H,22,23). The van der Waals surface area contributed by atoms with Crippen LogP contribution in [-0.4, -0.2) is 5.91 Å². The molecule has 1 unspecified atom stereocenters. The van der Waals surface area contributed by atoms with E-state index in [1.54, 1.807) is 23.5 Å². The van der Waals surface area contributed by atoms with Gasteiger partial charge in [-0.05, 0) is 35.4 Å². The molecule has 3 aromatic rings. The zero-order valence-corrected chi connectivity index (χ0v) is 14.1. The predicted molar refractivity (Wildman–Crippen MR) is 96.3 cm³/mol. The Hall–Kier alpha value is -2.17. The average Bonchev–Trinajstić information content (AvgIpc) is 2.99. The molecule has 1 aromatic heterocycles. The summed E-state index contributed by atoms with van der Waals surface area (Å²) in [5, 5.41) is 5.73. The van der Waals surface area contributed by atoms with E-state index in [0.29, 0.717) is 11.4 Å². The molecule has 0 spiro atoms. The zero-order valence-electron chi connectivity index (χ0n) is 12.6. The molecule has 0 radical (unpaired) electrons. The van der Waals surface area contributed by atoms with Crippen LogP contribution in [-0.2, 0) is 4.79 Å². The smallest absolute Gasteiger partial charge is 0.225 e. The molecular formula is C19H13ClFNOS. The van der Waals surface area contributed by atoms with Gasteiger partial charge in [-0.1, -0.05) is 35.9 Å². The first-order valence-corrected chi connectivity index (χ1v) is 8.80. The Labute approximate surface area is 147 Å². The Morgan fingerprint density at radius 1 is 1.08 bits per heavy atom.